The van der Waals surface area contributed by atoms with Crippen LogP contribution in [-0.4, -0.2) is 23.1 Å². The molecule has 0 saturated heterocycles. The number of nitrogens with two attached hydrogens (primary N) is 1. The summed E-state index contributed by atoms with van der Waals surface area (Å²) in [4.78, 5) is 9.10. The fraction of sp³-hybridized carbons (Fsp3) is 0.714. The fourth-order valence-electron chi connectivity index (χ4n) is 2.70. The molecule has 2 N–H and O–H groups in total. The van der Waals surface area contributed by atoms with Gasteiger partial charge < -0.3 is 10.5 Å². The molecule has 0 aliphatic heterocycles. The maximum atomic E-state index is 5.83. The Bertz CT molecular complexity index is 386. The van der Waals surface area contributed by atoms with Crippen LogP contribution in [0, 0.1) is 0 Å². The van der Waals surface area contributed by atoms with E-state index in [1.165, 1.54) is 19.3 Å². The Morgan fingerprint density at radius 3 is 2.72 bits per heavy atom. The maximum Gasteiger partial charge on any atom is 0.160 e. The van der Waals surface area contributed by atoms with Crippen molar-refractivity contribution in [3.8, 4) is 0 Å². The lowest BCUT2D eigenvalue weighted by Crippen LogP contribution is -2.33. The summed E-state index contributed by atoms with van der Waals surface area (Å²) in [5, 5.41) is 0. The zero-order valence-electron chi connectivity index (χ0n) is 11.4. The molecule has 1 heterocycles. The number of ether oxygens (including phenoxy) is 1. The van der Waals surface area contributed by atoms with Crippen molar-refractivity contribution in [3.63, 3.8) is 0 Å². The molecule has 1 aliphatic carbocycles. The van der Waals surface area contributed by atoms with Crippen molar-refractivity contribution in [3.05, 3.63) is 23.8 Å². The lowest BCUT2D eigenvalue weighted by molar-refractivity contribution is -0.0516. The van der Waals surface area contributed by atoms with Crippen LogP contribution in [0.4, 0.5) is 0 Å². The summed E-state index contributed by atoms with van der Waals surface area (Å²) in [6.07, 6.45) is 8.31. The van der Waals surface area contributed by atoms with Gasteiger partial charge in [-0.15, -0.1) is 0 Å². The second-order valence-corrected chi connectivity index (χ2v) is 5.31. The second-order valence-electron chi connectivity index (χ2n) is 5.31. The summed E-state index contributed by atoms with van der Waals surface area (Å²) < 4.78 is 5.77. The zero-order chi connectivity index (χ0) is 13.0. The molecule has 1 atom stereocenters. The lowest BCUT2D eigenvalue weighted by Gasteiger charge is -2.34. The minimum Gasteiger partial charge on any atom is -0.370 e. The predicted octanol–water partition coefficient (Wildman–Crippen LogP) is 2.17. The van der Waals surface area contributed by atoms with Gasteiger partial charge in [-0.3, -0.25) is 0 Å². The number of hydrogen-bond acceptors (Lipinski definition) is 4. The van der Waals surface area contributed by atoms with Crippen molar-refractivity contribution in [1.82, 2.24) is 9.97 Å². The van der Waals surface area contributed by atoms with Crippen LogP contribution in [0.15, 0.2) is 12.3 Å². The molecule has 18 heavy (non-hydrogen) atoms. The average molecular weight is 249 g/mol. The smallest absolute Gasteiger partial charge is 0.160 e. The Kier molecular flexibility index (Phi) is 4.30. The summed E-state index contributed by atoms with van der Waals surface area (Å²) in [6, 6.07) is 2.07. The Morgan fingerprint density at radius 2 is 2.11 bits per heavy atom. The molecular formula is C14H23N3O. The first-order chi connectivity index (χ1) is 8.66. The number of rotatable bonds is 4. The van der Waals surface area contributed by atoms with E-state index >= 15 is 0 Å². The molecule has 4 heteroatoms. The van der Waals surface area contributed by atoms with Crippen LogP contribution in [0.3, 0.4) is 0 Å². The van der Waals surface area contributed by atoms with Gasteiger partial charge >= 0.3 is 0 Å². The van der Waals surface area contributed by atoms with Gasteiger partial charge in [0, 0.05) is 31.5 Å². The third-order valence-electron chi connectivity index (χ3n) is 3.70. The highest BCUT2D eigenvalue weighted by Crippen LogP contribution is 2.38. The van der Waals surface area contributed by atoms with Crippen LogP contribution in [-0.2, 0) is 16.8 Å². The average Bonchev–Trinajstić information content (AvgIpc) is 2.39. The van der Waals surface area contributed by atoms with Crippen molar-refractivity contribution in [2.75, 3.05) is 7.11 Å². The van der Waals surface area contributed by atoms with E-state index in [1.807, 2.05) is 19.2 Å². The molecule has 1 saturated carbocycles. The van der Waals surface area contributed by atoms with E-state index in [2.05, 4.69) is 9.97 Å². The number of aromatic nitrogens is 2. The third-order valence-corrected chi connectivity index (χ3v) is 3.70. The van der Waals surface area contributed by atoms with E-state index in [9.17, 15) is 0 Å². The predicted molar refractivity (Wildman–Crippen MR) is 71.2 cm³/mol. The van der Waals surface area contributed by atoms with Crippen molar-refractivity contribution in [1.29, 1.82) is 0 Å². The minimum atomic E-state index is -0.272. The first-order valence-corrected chi connectivity index (χ1v) is 6.79. The first-order valence-electron chi connectivity index (χ1n) is 6.79. The molecule has 1 unspecified atom stereocenters. The second kappa shape index (κ2) is 5.76. The van der Waals surface area contributed by atoms with E-state index in [-0.39, 0.29) is 11.6 Å². The van der Waals surface area contributed by atoms with Crippen LogP contribution in [0.5, 0.6) is 0 Å². The van der Waals surface area contributed by atoms with Gasteiger partial charge in [0.15, 0.2) is 5.82 Å². The van der Waals surface area contributed by atoms with Gasteiger partial charge in [0.25, 0.3) is 0 Å². The van der Waals surface area contributed by atoms with Gasteiger partial charge in [-0.2, -0.15) is 0 Å². The monoisotopic (exact) mass is 249 g/mol. The van der Waals surface area contributed by atoms with Crippen LogP contribution >= 0.6 is 0 Å². The summed E-state index contributed by atoms with van der Waals surface area (Å²) in [5.41, 5.74) is 6.57. The first kappa shape index (κ1) is 13.4. The number of nitrogens with zero attached hydrogens (tertiary/aromatic N) is 2. The van der Waals surface area contributed by atoms with Crippen LogP contribution in [0.2, 0.25) is 0 Å². The van der Waals surface area contributed by atoms with E-state index in [0.717, 1.165) is 30.8 Å². The highest BCUT2D eigenvalue weighted by molar-refractivity contribution is 5.10. The Hall–Kier alpha value is -1.00. The standard InChI is InChI=1S/C14H23N3O/c1-11(15)10-12-6-9-16-13(17-12)14(18-2)7-4-3-5-8-14/h6,9,11H,3-5,7-8,10,15H2,1-2H3. The maximum absolute atomic E-state index is 5.83. The van der Waals surface area contributed by atoms with Crippen molar-refractivity contribution >= 4 is 0 Å². The molecule has 1 fully saturated rings. The molecule has 0 aromatic carbocycles. The molecule has 0 amide bonds. The molecule has 0 bridgehead atoms. The number of methoxy groups -OCH3 is 1. The van der Waals surface area contributed by atoms with Gasteiger partial charge in [-0.1, -0.05) is 19.3 Å². The topological polar surface area (TPSA) is 61.0 Å². The largest absolute Gasteiger partial charge is 0.370 e. The minimum absolute atomic E-state index is 0.123. The van der Waals surface area contributed by atoms with Gasteiger partial charge in [0.1, 0.15) is 5.60 Å². The Morgan fingerprint density at radius 1 is 1.39 bits per heavy atom. The van der Waals surface area contributed by atoms with E-state index < -0.39 is 0 Å². The zero-order valence-corrected chi connectivity index (χ0v) is 11.4. The van der Waals surface area contributed by atoms with Crippen LogP contribution < -0.4 is 5.73 Å². The van der Waals surface area contributed by atoms with E-state index in [4.69, 9.17) is 10.5 Å². The Labute approximate surface area is 109 Å². The van der Waals surface area contributed by atoms with Crippen molar-refractivity contribution < 1.29 is 4.74 Å². The van der Waals surface area contributed by atoms with Crippen LogP contribution in [0.1, 0.15) is 50.5 Å². The highest BCUT2D eigenvalue weighted by atomic mass is 16.5. The molecule has 1 aromatic heterocycles. The van der Waals surface area contributed by atoms with Crippen LogP contribution in [0.25, 0.3) is 0 Å². The fourth-order valence-corrected chi connectivity index (χ4v) is 2.70. The lowest BCUT2D eigenvalue weighted by atomic mass is 9.84. The normalized spacial score (nSPS) is 20.6. The molecule has 0 radical (unpaired) electrons. The van der Waals surface area contributed by atoms with Crippen molar-refractivity contribution in [2.24, 2.45) is 5.73 Å². The summed E-state index contributed by atoms with van der Waals surface area (Å²) in [5.74, 6) is 0.836. The molecule has 0 spiro atoms. The van der Waals surface area contributed by atoms with Gasteiger partial charge in [-0.25, -0.2) is 9.97 Å². The van der Waals surface area contributed by atoms with Gasteiger partial charge in [-0.05, 0) is 25.8 Å². The highest BCUT2D eigenvalue weighted by Gasteiger charge is 2.36. The third kappa shape index (κ3) is 2.87. The molecule has 2 rings (SSSR count). The molecule has 1 aromatic rings. The number of hydrogen-bond donors (Lipinski definition) is 1. The molecule has 100 valence electrons. The molecular weight excluding hydrogens is 226 g/mol. The van der Waals surface area contributed by atoms with Gasteiger partial charge in [0.05, 0.1) is 0 Å². The van der Waals surface area contributed by atoms with E-state index in [1.54, 1.807) is 7.11 Å². The van der Waals surface area contributed by atoms with Crippen molar-refractivity contribution in [2.45, 2.75) is 57.1 Å². The quantitative estimate of drug-likeness (QED) is 0.888. The summed E-state index contributed by atoms with van der Waals surface area (Å²) >= 11 is 0. The van der Waals surface area contributed by atoms with Gasteiger partial charge in [0.2, 0.25) is 0 Å². The molecule has 1 aliphatic rings. The summed E-state index contributed by atoms with van der Waals surface area (Å²) in [6.45, 7) is 1.99. The van der Waals surface area contributed by atoms with E-state index in [0.29, 0.717) is 0 Å². The summed E-state index contributed by atoms with van der Waals surface area (Å²) in [7, 11) is 1.77. The Balaban J connectivity index is 2.25. The molecule has 4 nitrogen and oxygen atoms in total. The SMILES string of the molecule is COC1(c2nccc(CC(C)N)n2)CCCCC1.